The predicted octanol–water partition coefficient (Wildman–Crippen LogP) is 1.15. The number of hydrogen-bond donors (Lipinski definition) is 0. The van der Waals surface area contributed by atoms with Crippen LogP contribution >= 0.6 is 0 Å². The molecular weight excluding hydrogens is 175 g/mol. The minimum absolute atomic E-state index is 2.00. The molecule has 12 heavy (non-hydrogen) atoms. The van der Waals surface area contributed by atoms with Crippen LogP contribution in [0.2, 0.25) is 0 Å². The van der Waals surface area contributed by atoms with Crippen molar-refractivity contribution in [3.8, 4) is 0 Å². The second kappa shape index (κ2) is 5.85. The molecule has 0 fully saturated rings. The zero-order valence-electron chi connectivity index (χ0n) is 7.56. The number of rotatable bonds is 1. The van der Waals surface area contributed by atoms with Crippen LogP contribution in [-0.4, -0.2) is 51.3 Å². The van der Waals surface area contributed by atoms with E-state index in [0.717, 1.165) is 0 Å². The van der Waals surface area contributed by atoms with E-state index in [9.17, 15) is 17.3 Å². The highest BCUT2D eigenvalue weighted by Crippen LogP contribution is 2.06. The average Bonchev–Trinajstić information content (AvgIpc) is 1.52. The molecule has 0 radical (unpaired) electrons. The Hall–Kier alpha value is -0.745. The van der Waals surface area contributed by atoms with Gasteiger partial charge < -0.3 is 17.3 Å². The van der Waals surface area contributed by atoms with Gasteiger partial charge in [-0.25, -0.2) is 0 Å². The van der Waals surface area contributed by atoms with Crippen LogP contribution in [-0.2, 0) is 0 Å². The molecule has 7 heteroatoms. The molecular formula is C5H13BF4N2. The quantitative estimate of drug-likeness (QED) is 0.196. The summed E-state index contributed by atoms with van der Waals surface area (Å²) in [5.41, 5.74) is 0. The summed E-state index contributed by atoms with van der Waals surface area (Å²) in [5, 5.41) is 0. The van der Waals surface area contributed by atoms with E-state index in [2.05, 4.69) is 0 Å². The molecule has 0 unspecified atom stereocenters. The molecule has 0 bridgehead atoms. The highest BCUT2D eigenvalue weighted by atomic mass is 19.5. The summed E-state index contributed by atoms with van der Waals surface area (Å²) in [6.07, 6.45) is 2.00. The Labute approximate surface area is 69.6 Å². The van der Waals surface area contributed by atoms with E-state index >= 15 is 0 Å². The summed E-state index contributed by atoms with van der Waals surface area (Å²) in [6.45, 7) is 0. The fourth-order valence-corrected chi connectivity index (χ4v) is 0.462. The van der Waals surface area contributed by atoms with Crippen molar-refractivity contribution in [1.29, 1.82) is 0 Å². The lowest BCUT2D eigenvalue weighted by molar-refractivity contribution is -0.464. The van der Waals surface area contributed by atoms with Crippen LogP contribution in [0, 0.1) is 0 Å². The molecule has 2 nitrogen and oxygen atoms in total. The Morgan fingerprint density at radius 1 is 1.08 bits per heavy atom. The molecule has 0 aliphatic heterocycles. The first-order chi connectivity index (χ1) is 5.13. The van der Waals surface area contributed by atoms with Crippen LogP contribution in [0.1, 0.15) is 0 Å². The highest BCUT2D eigenvalue weighted by Gasteiger charge is 2.20. The first-order valence-corrected chi connectivity index (χ1v) is 3.18. The summed E-state index contributed by atoms with van der Waals surface area (Å²) in [4.78, 5) is 2.00. The average molecular weight is 188 g/mol. The van der Waals surface area contributed by atoms with E-state index in [1.807, 2.05) is 44.0 Å². The van der Waals surface area contributed by atoms with Crippen molar-refractivity contribution in [1.82, 2.24) is 4.90 Å². The van der Waals surface area contributed by atoms with Crippen LogP contribution in [0.4, 0.5) is 17.3 Å². The van der Waals surface area contributed by atoms with Gasteiger partial charge in [0.1, 0.15) is 0 Å². The molecule has 0 aromatic rings. The van der Waals surface area contributed by atoms with Crippen molar-refractivity contribution < 1.29 is 21.8 Å². The van der Waals surface area contributed by atoms with Gasteiger partial charge in [0.2, 0.25) is 6.34 Å². The molecule has 0 saturated heterocycles. The van der Waals surface area contributed by atoms with Gasteiger partial charge in [-0.3, -0.25) is 9.48 Å². The summed E-state index contributed by atoms with van der Waals surface area (Å²) < 4.78 is 41.0. The van der Waals surface area contributed by atoms with Gasteiger partial charge in [0.15, 0.2) is 0 Å². The van der Waals surface area contributed by atoms with Crippen molar-refractivity contribution >= 4 is 13.6 Å². The Bertz CT molecular complexity index is 133. The van der Waals surface area contributed by atoms with Gasteiger partial charge in [0.05, 0.1) is 28.2 Å². The molecule has 0 rings (SSSR count). The largest absolute Gasteiger partial charge is 0.673 e. The molecule has 0 aliphatic rings. The molecule has 0 heterocycles. The van der Waals surface area contributed by atoms with Gasteiger partial charge in [0, 0.05) is 0 Å². The van der Waals surface area contributed by atoms with Gasteiger partial charge in [-0.2, -0.15) is 0 Å². The third kappa shape index (κ3) is 59.5. The minimum Gasteiger partial charge on any atom is -0.418 e. The van der Waals surface area contributed by atoms with Crippen LogP contribution < -0.4 is 0 Å². The highest BCUT2D eigenvalue weighted by molar-refractivity contribution is 6.50. The molecule has 0 aliphatic carbocycles. The van der Waals surface area contributed by atoms with Crippen molar-refractivity contribution in [2.45, 2.75) is 0 Å². The van der Waals surface area contributed by atoms with E-state index in [1.165, 1.54) is 0 Å². The topological polar surface area (TPSA) is 6.25 Å². The molecule has 0 aromatic carbocycles. The first kappa shape index (κ1) is 13.8. The Morgan fingerprint density at radius 3 is 1.33 bits per heavy atom. The second-order valence-corrected chi connectivity index (χ2v) is 2.54. The zero-order chi connectivity index (χ0) is 10.4. The number of halogens is 4. The molecule has 0 spiro atoms. The van der Waals surface area contributed by atoms with Crippen molar-refractivity contribution in [3.63, 3.8) is 0 Å². The van der Waals surface area contributed by atoms with E-state index in [4.69, 9.17) is 0 Å². The van der Waals surface area contributed by atoms with Crippen molar-refractivity contribution in [2.24, 2.45) is 0 Å². The standard InChI is InChI=1S/C5H13N2.BF4/c1-6(2)5-7(3)4;2-1(3,4)5/h5H,1-4H3;/q+1;-1. The third-order valence-corrected chi connectivity index (χ3v) is 0.462. The number of nitrogens with zero attached hydrogens (tertiary/aromatic N) is 2. The van der Waals surface area contributed by atoms with Crippen LogP contribution in [0.25, 0.3) is 0 Å². The SMILES string of the molecule is CN(C)C=[N+](C)C.F[B-](F)(F)F. The molecule has 0 N–H and O–H groups in total. The van der Waals surface area contributed by atoms with Crippen molar-refractivity contribution in [2.75, 3.05) is 28.2 Å². The van der Waals surface area contributed by atoms with Gasteiger partial charge in [-0.1, -0.05) is 0 Å². The Kier molecular flexibility index (Phi) is 6.74. The lowest BCUT2D eigenvalue weighted by Gasteiger charge is -1.95. The molecule has 74 valence electrons. The molecule has 0 atom stereocenters. The van der Waals surface area contributed by atoms with Crippen LogP contribution in [0.5, 0.6) is 0 Å². The van der Waals surface area contributed by atoms with Crippen LogP contribution in [0.3, 0.4) is 0 Å². The van der Waals surface area contributed by atoms with Crippen LogP contribution in [0.15, 0.2) is 0 Å². The lowest BCUT2D eigenvalue weighted by Crippen LogP contribution is -2.15. The normalized spacial score (nSPS) is 9.67. The fraction of sp³-hybridized carbons (Fsp3) is 0.800. The van der Waals surface area contributed by atoms with Gasteiger partial charge in [-0.05, 0) is 0 Å². The smallest absolute Gasteiger partial charge is 0.418 e. The molecule has 0 aromatic heterocycles. The maximum absolute atomic E-state index is 9.75. The molecule has 0 amide bonds. The van der Waals surface area contributed by atoms with Gasteiger partial charge >= 0.3 is 7.25 Å². The third-order valence-electron chi connectivity index (χ3n) is 0.462. The first-order valence-electron chi connectivity index (χ1n) is 3.18. The lowest BCUT2D eigenvalue weighted by atomic mass is 10.3. The van der Waals surface area contributed by atoms with E-state index in [-0.39, 0.29) is 0 Å². The summed E-state index contributed by atoms with van der Waals surface area (Å²) in [7, 11) is 2.00. The zero-order valence-corrected chi connectivity index (χ0v) is 7.56. The van der Waals surface area contributed by atoms with E-state index in [1.54, 1.807) is 0 Å². The number of hydrogen-bond acceptors (Lipinski definition) is 0. The minimum atomic E-state index is -6.00. The monoisotopic (exact) mass is 188 g/mol. The summed E-state index contributed by atoms with van der Waals surface area (Å²) >= 11 is 0. The predicted molar refractivity (Wildman–Crippen MR) is 42.0 cm³/mol. The van der Waals surface area contributed by atoms with Gasteiger partial charge in [0.25, 0.3) is 0 Å². The van der Waals surface area contributed by atoms with Crippen molar-refractivity contribution in [3.05, 3.63) is 0 Å². The Morgan fingerprint density at radius 2 is 1.33 bits per heavy atom. The fourth-order valence-electron chi connectivity index (χ4n) is 0.462. The molecule has 0 saturated carbocycles. The van der Waals surface area contributed by atoms with E-state index < -0.39 is 7.25 Å². The maximum atomic E-state index is 9.75. The van der Waals surface area contributed by atoms with Gasteiger partial charge in [-0.15, -0.1) is 0 Å². The Balaban J connectivity index is 0. The summed E-state index contributed by atoms with van der Waals surface area (Å²) in [5.74, 6) is 0. The summed E-state index contributed by atoms with van der Waals surface area (Å²) in [6, 6.07) is 0. The maximum Gasteiger partial charge on any atom is 0.673 e. The van der Waals surface area contributed by atoms with E-state index in [0.29, 0.717) is 0 Å². The second-order valence-electron chi connectivity index (χ2n) is 2.54.